The van der Waals surface area contributed by atoms with Crippen LogP contribution in [0.5, 0.6) is 0 Å². The maximum atomic E-state index is 12.8. The fraction of sp³-hybridized carbons (Fsp3) is 0.556. The summed E-state index contributed by atoms with van der Waals surface area (Å²) in [6.45, 7) is 2.68. The molecule has 6 nitrogen and oxygen atoms in total. The number of nitrogens with zero attached hydrogens (tertiary/aromatic N) is 2. The van der Waals surface area contributed by atoms with Gasteiger partial charge >= 0.3 is 0 Å². The van der Waals surface area contributed by atoms with Crippen LogP contribution in [0.2, 0.25) is 0 Å². The lowest BCUT2D eigenvalue weighted by molar-refractivity contribution is -0.114. The van der Waals surface area contributed by atoms with Gasteiger partial charge in [0.15, 0.2) is 0 Å². The molecule has 0 aromatic carbocycles. The zero-order valence-corrected chi connectivity index (χ0v) is 14.0. The number of nitrogens with one attached hydrogen (secondary N) is 2. The van der Waals surface area contributed by atoms with E-state index in [1.807, 2.05) is 29.9 Å². The lowest BCUT2D eigenvalue weighted by atomic mass is 9.80. The molecule has 0 radical (unpaired) electrons. The van der Waals surface area contributed by atoms with E-state index in [-0.39, 0.29) is 17.6 Å². The Hall–Kier alpha value is -1.92. The van der Waals surface area contributed by atoms with Gasteiger partial charge in [-0.1, -0.05) is 0 Å². The number of aromatic nitrogens is 2. The molecule has 6 heteroatoms. The minimum absolute atomic E-state index is 0.0618. The van der Waals surface area contributed by atoms with E-state index in [0.717, 1.165) is 56.4 Å². The van der Waals surface area contributed by atoms with E-state index >= 15 is 0 Å². The van der Waals surface area contributed by atoms with Crippen LogP contribution < -0.4 is 10.6 Å². The molecule has 2 aromatic rings. The molecule has 1 spiro atoms. The maximum Gasteiger partial charge on any atom is 0.270 e. The Morgan fingerprint density at radius 3 is 3.04 bits per heavy atom. The van der Waals surface area contributed by atoms with Crippen molar-refractivity contribution in [3.8, 4) is 0 Å². The van der Waals surface area contributed by atoms with Crippen molar-refractivity contribution < 1.29 is 9.53 Å². The van der Waals surface area contributed by atoms with Crippen molar-refractivity contribution in [3.05, 3.63) is 30.1 Å². The molecule has 2 saturated heterocycles. The second-order valence-electron chi connectivity index (χ2n) is 6.87. The van der Waals surface area contributed by atoms with Gasteiger partial charge in [0.25, 0.3) is 5.91 Å². The molecule has 0 bridgehead atoms. The number of carbonyl (C=O) groups excluding carboxylic acids is 1. The number of carbonyl (C=O) groups is 1. The highest BCUT2D eigenvalue weighted by Gasteiger charge is 2.43. The zero-order valence-electron chi connectivity index (χ0n) is 14.0. The van der Waals surface area contributed by atoms with Crippen molar-refractivity contribution in [1.29, 1.82) is 0 Å². The number of hydrogen-bond acceptors (Lipinski definition) is 4. The smallest absolute Gasteiger partial charge is 0.270 e. The summed E-state index contributed by atoms with van der Waals surface area (Å²) >= 11 is 0. The summed E-state index contributed by atoms with van der Waals surface area (Å²) in [5.74, 6) is -0.105. The molecular formula is C18H24N4O2. The van der Waals surface area contributed by atoms with Crippen molar-refractivity contribution >= 4 is 16.9 Å². The first-order valence-corrected chi connectivity index (χ1v) is 8.76. The Bertz CT molecular complexity index is 740. The van der Waals surface area contributed by atoms with Gasteiger partial charge in [0.1, 0.15) is 11.3 Å². The number of ether oxygens (including phenoxy) is 1. The van der Waals surface area contributed by atoms with Gasteiger partial charge in [-0.15, -0.1) is 0 Å². The summed E-state index contributed by atoms with van der Waals surface area (Å²) in [5, 5.41) is 7.63. The first kappa shape index (κ1) is 15.6. The fourth-order valence-electron chi connectivity index (χ4n) is 3.97. The zero-order chi connectivity index (χ0) is 16.6. The quantitative estimate of drug-likeness (QED) is 0.879. The monoisotopic (exact) mass is 328 g/mol. The Morgan fingerprint density at radius 2 is 2.21 bits per heavy atom. The molecule has 24 heavy (non-hydrogen) atoms. The normalized spacial score (nSPS) is 23.5. The van der Waals surface area contributed by atoms with E-state index in [9.17, 15) is 4.79 Å². The molecular weight excluding hydrogens is 304 g/mol. The Labute approximate surface area is 141 Å². The average molecular weight is 328 g/mol. The van der Waals surface area contributed by atoms with Crippen LogP contribution in [0.1, 0.15) is 36.2 Å². The topological polar surface area (TPSA) is 68.2 Å². The van der Waals surface area contributed by atoms with Crippen LogP contribution in [-0.4, -0.2) is 46.8 Å². The predicted molar refractivity (Wildman–Crippen MR) is 92.0 cm³/mol. The molecule has 2 aliphatic heterocycles. The predicted octanol–water partition coefficient (Wildman–Crippen LogP) is 1.60. The van der Waals surface area contributed by atoms with Crippen molar-refractivity contribution in [3.63, 3.8) is 0 Å². The molecule has 2 aromatic heterocycles. The summed E-state index contributed by atoms with van der Waals surface area (Å²) in [6, 6.07) is 5.82. The Morgan fingerprint density at radius 1 is 1.38 bits per heavy atom. The highest BCUT2D eigenvalue weighted by molar-refractivity contribution is 5.94. The minimum atomic E-state index is -0.214. The van der Waals surface area contributed by atoms with Gasteiger partial charge in [-0.25, -0.2) is 4.98 Å². The molecule has 1 unspecified atom stereocenters. The summed E-state index contributed by atoms with van der Waals surface area (Å²) in [6.07, 6.45) is 5.81. The molecule has 0 saturated carbocycles. The van der Waals surface area contributed by atoms with E-state index in [1.165, 1.54) is 0 Å². The van der Waals surface area contributed by atoms with Crippen LogP contribution in [-0.2, 0) is 11.8 Å². The van der Waals surface area contributed by atoms with E-state index in [1.54, 1.807) is 6.07 Å². The molecule has 1 amide bonds. The Kier molecular flexibility index (Phi) is 4.02. The highest BCUT2D eigenvalue weighted by Crippen LogP contribution is 2.33. The summed E-state index contributed by atoms with van der Waals surface area (Å²) < 4.78 is 8.09. The first-order valence-electron chi connectivity index (χ1n) is 8.76. The Balaban J connectivity index is 1.55. The maximum absolute atomic E-state index is 12.8. The lowest BCUT2D eigenvalue weighted by Gasteiger charge is -2.46. The first-order chi connectivity index (χ1) is 11.7. The summed E-state index contributed by atoms with van der Waals surface area (Å²) in [4.78, 5) is 17.3. The molecule has 128 valence electrons. The third-order valence-electron chi connectivity index (χ3n) is 5.37. The minimum Gasteiger partial charge on any atom is -0.373 e. The van der Waals surface area contributed by atoms with Crippen molar-refractivity contribution in [2.45, 2.75) is 37.3 Å². The van der Waals surface area contributed by atoms with Crippen LogP contribution in [0, 0.1) is 0 Å². The summed E-state index contributed by atoms with van der Waals surface area (Å²) in [7, 11) is 1.94. The van der Waals surface area contributed by atoms with Gasteiger partial charge in [0.2, 0.25) is 0 Å². The molecule has 2 aliphatic rings. The van der Waals surface area contributed by atoms with Gasteiger partial charge in [0.05, 0.1) is 11.6 Å². The standard InChI is InChI=1S/C18H24N4O2/c1-22-11-6-13-4-5-14(20-16(13)22)17(23)21-15-3-2-12-24-18(15)7-9-19-10-8-18/h4-6,11,15,19H,2-3,7-10,12H2,1H3,(H,21,23). The highest BCUT2D eigenvalue weighted by atomic mass is 16.5. The van der Waals surface area contributed by atoms with Crippen molar-refractivity contribution in [2.24, 2.45) is 7.05 Å². The van der Waals surface area contributed by atoms with Crippen LogP contribution in [0.25, 0.3) is 11.0 Å². The second kappa shape index (κ2) is 6.18. The van der Waals surface area contributed by atoms with Crippen molar-refractivity contribution in [2.75, 3.05) is 19.7 Å². The van der Waals surface area contributed by atoms with Crippen LogP contribution in [0.15, 0.2) is 24.4 Å². The third kappa shape index (κ3) is 2.70. The molecule has 4 rings (SSSR count). The molecule has 4 heterocycles. The van der Waals surface area contributed by atoms with Gasteiger partial charge in [-0.2, -0.15) is 0 Å². The van der Waals surface area contributed by atoms with E-state index in [4.69, 9.17) is 4.74 Å². The number of fused-ring (bicyclic) bond motifs is 1. The van der Waals surface area contributed by atoms with E-state index < -0.39 is 0 Å². The number of amides is 1. The van der Waals surface area contributed by atoms with Gasteiger partial charge < -0.3 is 19.9 Å². The van der Waals surface area contributed by atoms with Gasteiger partial charge in [0, 0.05) is 25.2 Å². The lowest BCUT2D eigenvalue weighted by Crippen LogP contribution is -2.60. The number of piperidine rings is 1. The molecule has 0 aliphatic carbocycles. The van der Waals surface area contributed by atoms with Crippen molar-refractivity contribution in [1.82, 2.24) is 20.2 Å². The SMILES string of the molecule is Cn1ccc2ccc(C(=O)NC3CCCOC34CCNCC4)nc21. The van der Waals surface area contributed by atoms with Gasteiger partial charge in [-0.3, -0.25) is 4.79 Å². The van der Waals surface area contributed by atoms with E-state index in [2.05, 4.69) is 15.6 Å². The van der Waals surface area contributed by atoms with Gasteiger partial charge in [-0.05, 0) is 57.0 Å². The van der Waals surface area contributed by atoms with Crippen LogP contribution >= 0.6 is 0 Å². The molecule has 1 atom stereocenters. The number of pyridine rings is 1. The average Bonchev–Trinajstić information content (AvgIpc) is 2.98. The van der Waals surface area contributed by atoms with E-state index in [0.29, 0.717) is 5.69 Å². The van der Waals surface area contributed by atoms with Crippen LogP contribution in [0.3, 0.4) is 0 Å². The number of hydrogen-bond donors (Lipinski definition) is 2. The summed E-state index contributed by atoms with van der Waals surface area (Å²) in [5.41, 5.74) is 1.09. The number of aryl methyl sites for hydroxylation is 1. The third-order valence-corrected chi connectivity index (χ3v) is 5.37. The number of rotatable bonds is 2. The van der Waals surface area contributed by atoms with Crippen LogP contribution in [0.4, 0.5) is 0 Å². The largest absolute Gasteiger partial charge is 0.373 e. The fourth-order valence-corrected chi connectivity index (χ4v) is 3.97. The molecule has 2 fully saturated rings. The second-order valence-corrected chi connectivity index (χ2v) is 6.87. The molecule has 2 N–H and O–H groups in total.